The molecule has 0 N–H and O–H groups in total. The summed E-state index contributed by atoms with van der Waals surface area (Å²) in [5.74, 6) is 0.685. The first-order valence-electron chi connectivity index (χ1n) is 8.36. The Morgan fingerprint density at radius 2 is 1.40 bits per heavy atom. The van der Waals surface area contributed by atoms with Crippen LogP contribution in [0, 0.1) is 0 Å². The molecule has 3 aromatic rings. The number of anilines is 3. The third-order valence-electron chi connectivity index (χ3n) is 5.03. The minimum atomic E-state index is -0.0556. The van der Waals surface area contributed by atoms with E-state index in [1.807, 2.05) is 12.1 Å². The number of ether oxygens (including phenoxy) is 1. The van der Waals surface area contributed by atoms with Crippen molar-refractivity contribution >= 4 is 28.7 Å². The third kappa shape index (κ3) is 2.40. The molecule has 0 saturated carbocycles. The van der Waals surface area contributed by atoms with Crippen molar-refractivity contribution in [3.05, 3.63) is 82.9 Å². The molecule has 126 valence electrons. The number of benzene rings is 3. The molecule has 0 aliphatic carbocycles. The number of hydrogen-bond donors (Lipinski definition) is 0. The van der Waals surface area contributed by atoms with E-state index in [4.69, 9.17) is 16.3 Å². The van der Waals surface area contributed by atoms with Crippen molar-refractivity contribution in [3.63, 3.8) is 0 Å². The highest BCUT2D eigenvalue weighted by molar-refractivity contribution is 6.32. The molecule has 1 aliphatic rings. The van der Waals surface area contributed by atoms with E-state index >= 15 is 0 Å². The molecule has 0 spiro atoms. The van der Waals surface area contributed by atoms with Crippen LogP contribution in [0.3, 0.4) is 0 Å². The number of para-hydroxylation sites is 2. The molecule has 0 radical (unpaired) electrons. The van der Waals surface area contributed by atoms with E-state index in [-0.39, 0.29) is 5.41 Å². The number of hydrogen-bond acceptors (Lipinski definition) is 2. The van der Waals surface area contributed by atoms with E-state index in [0.29, 0.717) is 10.8 Å². The lowest BCUT2D eigenvalue weighted by atomic mass is 9.73. The number of rotatable bonds is 2. The Balaban J connectivity index is 1.99. The van der Waals surface area contributed by atoms with Gasteiger partial charge in [0.1, 0.15) is 5.75 Å². The van der Waals surface area contributed by atoms with Gasteiger partial charge in [-0.2, -0.15) is 0 Å². The summed E-state index contributed by atoms with van der Waals surface area (Å²) in [7, 11) is 1.63. The summed E-state index contributed by atoms with van der Waals surface area (Å²) in [6, 6.07) is 23.1. The van der Waals surface area contributed by atoms with Crippen LogP contribution in [0.1, 0.15) is 25.0 Å². The third-order valence-corrected chi connectivity index (χ3v) is 5.33. The van der Waals surface area contributed by atoms with Gasteiger partial charge in [-0.05, 0) is 41.5 Å². The summed E-state index contributed by atoms with van der Waals surface area (Å²) in [6.07, 6.45) is 0. The fraction of sp³-hybridized carbons (Fsp3) is 0.182. The van der Waals surface area contributed by atoms with Gasteiger partial charge in [0.2, 0.25) is 0 Å². The summed E-state index contributed by atoms with van der Waals surface area (Å²) in [5.41, 5.74) is 5.96. The molecular weight excluding hydrogens is 330 g/mol. The van der Waals surface area contributed by atoms with Crippen molar-refractivity contribution in [1.82, 2.24) is 0 Å². The molecule has 3 aromatic carbocycles. The maximum Gasteiger partial charge on any atom is 0.137 e. The summed E-state index contributed by atoms with van der Waals surface area (Å²) < 4.78 is 5.31. The van der Waals surface area contributed by atoms with Crippen molar-refractivity contribution in [3.8, 4) is 5.75 Å². The van der Waals surface area contributed by atoms with Crippen LogP contribution in [0.25, 0.3) is 0 Å². The average Bonchev–Trinajstić information content (AvgIpc) is 2.62. The Morgan fingerprint density at radius 3 is 1.92 bits per heavy atom. The fourth-order valence-electron chi connectivity index (χ4n) is 3.74. The second-order valence-corrected chi connectivity index (χ2v) is 7.22. The molecule has 4 rings (SSSR count). The number of methoxy groups -OCH3 is 1. The zero-order valence-corrected chi connectivity index (χ0v) is 15.3. The van der Waals surface area contributed by atoms with Crippen LogP contribution in [0.15, 0.2) is 66.7 Å². The minimum Gasteiger partial charge on any atom is -0.495 e. The molecule has 0 aromatic heterocycles. The Morgan fingerprint density at radius 1 is 0.840 bits per heavy atom. The second kappa shape index (κ2) is 5.82. The second-order valence-electron chi connectivity index (χ2n) is 6.81. The Hall–Kier alpha value is -2.45. The minimum absolute atomic E-state index is 0.0556. The molecule has 0 unspecified atom stereocenters. The summed E-state index contributed by atoms with van der Waals surface area (Å²) in [5, 5.41) is 0.611. The molecule has 0 fully saturated rings. The van der Waals surface area contributed by atoms with E-state index in [1.165, 1.54) is 22.5 Å². The van der Waals surface area contributed by atoms with Gasteiger partial charge in [0.05, 0.1) is 23.5 Å². The molecule has 0 bridgehead atoms. The lowest BCUT2D eigenvalue weighted by molar-refractivity contribution is 0.415. The molecule has 3 heteroatoms. The summed E-state index contributed by atoms with van der Waals surface area (Å²) >= 11 is 6.41. The smallest absolute Gasteiger partial charge is 0.137 e. The quantitative estimate of drug-likeness (QED) is 0.526. The summed E-state index contributed by atoms with van der Waals surface area (Å²) in [4.78, 5) is 2.28. The first kappa shape index (κ1) is 16.0. The van der Waals surface area contributed by atoms with Gasteiger partial charge in [0, 0.05) is 11.1 Å². The number of halogens is 1. The van der Waals surface area contributed by atoms with Crippen LogP contribution >= 0.6 is 11.6 Å². The maximum absolute atomic E-state index is 6.41. The average molecular weight is 350 g/mol. The lowest BCUT2D eigenvalue weighted by Crippen LogP contribution is -2.30. The molecule has 0 saturated heterocycles. The van der Waals surface area contributed by atoms with Gasteiger partial charge in [-0.1, -0.05) is 61.8 Å². The van der Waals surface area contributed by atoms with Gasteiger partial charge in [-0.25, -0.2) is 0 Å². The van der Waals surface area contributed by atoms with Gasteiger partial charge >= 0.3 is 0 Å². The highest BCUT2D eigenvalue weighted by Gasteiger charge is 2.36. The van der Waals surface area contributed by atoms with Crippen LogP contribution in [0.5, 0.6) is 5.75 Å². The normalized spacial score (nSPS) is 14.6. The predicted molar refractivity (Wildman–Crippen MR) is 105 cm³/mol. The standard InChI is InChI=1S/C22H20ClNO/c1-22(2)16-8-4-6-10-19(16)24(20-11-7-5-9-17(20)22)15-12-13-21(25-3)18(23)14-15/h4-14H,1-3H3. The molecule has 0 atom stereocenters. The van der Waals surface area contributed by atoms with Gasteiger partial charge in [-0.15, -0.1) is 0 Å². The van der Waals surface area contributed by atoms with Gasteiger partial charge in [0.25, 0.3) is 0 Å². The van der Waals surface area contributed by atoms with Crippen LogP contribution in [0.2, 0.25) is 5.02 Å². The van der Waals surface area contributed by atoms with Crippen molar-refractivity contribution in [2.24, 2.45) is 0 Å². The largest absolute Gasteiger partial charge is 0.495 e. The fourth-order valence-corrected chi connectivity index (χ4v) is 3.99. The van der Waals surface area contributed by atoms with Crippen molar-refractivity contribution < 1.29 is 4.74 Å². The van der Waals surface area contributed by atoms with E-state index in [1.54, 1.807) is 7.11 Å². The van der Waals surface area contributed by atoms with Gasteiger partial charge in [-0.3, -0.25) is 0 Å². The first-order chi connectivity index (χ1) is 12.0. The highest BCUT2D eigenvalue weighted by Crippen LogP contribution is 2.51. The van der Waals surface area contributed by atoms with Crippen molar-refractivity contribution in [2.45, 2.75) is 19.3 Å². The lowest BCUT2D eigenvalue weighted by Gasteiger charge is -2.42. The van der Waals surface area contributed by atoms with Crippen LogP contribution in [-0.4, -0.2) is 7.11 Å². The Kier molecular flexibility index (Phi) is 3.73. The molecule has 0 amide bonds. The maximum atomic E-state index is 6.41. The van der Waals surface area contributed by atoms with E-state index in [9.17, 15) is 0 Å². The SMILES string of the molecule is COc1ccc(N2c3ccccc3C(C)(C)c3ccccc32)cc1Cl. The number of fused-ring (bicyclic) bond motifs is 2. The highest BCUT2D eigenvalue weighted by atomic mass is 35.5. The van der Waals surface area contributed by atoms with Crippen LogP contribution in [-0.2, 0) is 5.41 Å². The molecule has 25 heavy (non-hydrogen) atoms. The molecule has 1 aliphatic heterocycles. The molecule has 2 nitrogen and oxygen atoms in total. The Labute approximate surface area is 153 Å². The van der Waals surface area contributed by atoms with E-state index in [2.05, 4.69) is 73.3 Å². The first-order valence-corrected chi connectivity index (χ1v) is 8.74. The Bertz CT molecular complexity index is 899. The van der Waals surface area contributed by atoms with Crippen molar-refractivity contribution in [2.75, 3.05) is 12.0 Å². The monoisotopic (exact) mass is 349 g/mol. The zero-order valence-electron chi connectivity index (χ0n) is 14.6. The van der Waals surface area contributed by atoms with Crippen LogP contribution in [0.4, 0.5) is 17.1 Å². The topological polar surface area (TPSA) is 12.5 Å². The van der Waals surface area contributed by atoms with Crippen LogP contribution < -0.4 is 9.64 Å². The van der Waals surface area contributed by atoms with Gasteiger partial charge < -0.3 is 9.64 Å². The zero-order chi connectivity index (χ0) is 17.6. The summed E-state index contributed by atoms with van der Waals surface area (Å²) in [6.45, 7) is 4.56. The predicted octanol–water partition coefficient (Wildman–Crippen LogP) is 6.46. The van der Waals surface area contributed by atoms with Gasteiger partial charge in [0.15, 0.2) is 0 Å². The van der Waals surface area contributed by atoms with E-state index < -0.39 is 0 Å². The molecule has 1 heterocycles. The molecular formula is C22H20ClNO. The van der Waals surface area contributed by atoms with Crippen molar-refractivity contribution in [1.29, 1.82) is 0 Å². The number of nitrogens with zero attached hydrogens (tertiary/aromatic N) is 1. The van der Waals surface area contributed by atoms with E-state index in [0.717, 1.165) is 5.69 Å².